The Kier molecular flexibility index (Phi) is 8.22. The first kappa shape index (κ1) is 26.3. The maximum Gasteiger partial charge on any atom is 0.490 e. The Morgan fingerprint density at radius 1 is 1.29 bits per heavy atom. The van der Waals surface area contributed by atoms with Crippen LogP contribution in [0.5, 0.6) is 0 Å². The zero-order chi connectivity index (χ0) is 25.8. The van der Waals surface area contributed by atoms with E-state index in [0.29, 0.717) is 22.2 Å². The van der Waals surface area contributed by atoms with Crippen molar-refractivity contribution in [3.63, 3.8) is 0 Å². The average Bonchev–Trinajstić information content (AvgIpc) is 3.44. The first-order chi connectivity index (χ1) is 16.5. The van der Waals surface area contributed by atoms with Crippen LogP contribution in [-0.4, -0.2) is 62.7 Å². The van der Waals surface area contributed by atoms with Crippen molar-refractivity contribution in [1.82, 2.24) is 19.4 Å². The van der Waals surface area contributed by atoms with Gasteiger partial charge in [-0.05, 0) is 51.6 Å². The van der Waals surface area contributed by atoms with E-state index in [1.54, 1.807) is 29.1 Å². The number of aryl methyl sites for hydroxylation is 1. The van der Waals surface area contributed by atoms with Crippen molar-refractivity contribution in [3.05, 3.63) is 58.3 Å². The van der Waals surface area contributed by atoms with Gasteiger partial charge in [-0.25, -0.2) is 19.2 Å². The molecule has 3 heterocycles. The van der Waals surface area contributed by atoms with Gasteiger partial charge in [-0.1, -0.05) is 0 Å². The highest BCUT2D eigenvalue weighted by Gasteiger charge is 2.38. The molecule has 8 nitrogen and oxygen atoms in total. The number of thiazole rings is 1. The molecule has 13 heteroatoms. The van der Waals surface area contributed by atoms with E-state index >= 15 is 0 Å². The summed E-state index contributed by atoms with van der Waals surface area (Å²) >= 11 is 1.44. The summed E-state index contributed by atoms with van der Waals surface area (Å²) in [6, 6.07) is 4.62. The van der Waals surface area contributed by atoms with Crippen molar-refractivity contribution in [2.75, 3.05) is 25.5 Å². The molecule has 1 aliphatic rings. The Balaban J connectivity index is 0.000000429. The largest absolute Gasteiger partial charge is 0.490 e. The van der Waals surface area contributed by atoms with Crippen LogP contribution in [0, 0.1) is 12.7 Å². The summed E-state index contributed by atoms with van der Waals surface area (Å²) in [6.07, 6.45) is 1.94. The van der Waals surface area contributed by atoms with E-state index in [-0.39, 0.29) is 5.91 Å². The second-order valence-corrected chi connectivity index (χ2v) is 8.99. The highest BCUT2D eigenvalue weighted by molar-refractivity contribution is 7.14. The Morgan fingerprint density at radius 3 is 2.57 bits per heavy atom. The third-order valence-electron chi connectivity index (χ3n) is 5.22. The van der Waals surface area contributed by atoms with Gasteiger partial charge < -0.3 is 19.9 Å². The number of rotatable bonds is 4. The quantitative estimate of drug-likeness (QED) is 0.500. The predicted molar refractivity (Wildman–Crippen MR) is 121 cm³/mol. The van der Waals surface area contributed by atoms with Crippen LogP contribution in [0.3, 0.4) is 0 Å². The molecular formula is C22H23F4N5O3S. The molecular weight excluding hydrogens is 490 g/mol. The number of piperidine rings is 1. The number of anilines is 1. The number of carbonyl (C=O) groups excluding carboxylic acids is 1. The summed E-state index contributed by atoms with van der Waals surface area (Å²) < 4.78 is 47.7. The molecule has 1 atom stereocenters. The summed E-state index contributed by atoms with van der Waals surface area (Å²) in [5.41, 5.74) is 1.52. The number of carboxylic acids is 1. The monoisotopic (exact) mass is 513 g/mol. The van der Waals surface area contributed by atoms with Gasteiger partial charge in [0.2, 0.25) is 0 Å². The fourth-order valence-electron chi connectivity index (χ4n) is 3.55. The SMILES string of the molecule is Cc1nc(C2CCCN(C)C2)sc1C(=O)Nc1ccc(-n2ccnc2)c(F)c1.O=C(O)C(F)(F)F. The molecule has 35 heavy (non-hydrogen) atoms. The number of aromatic nitrogens is 3. The average molecular weight is 514 g/mol. The molecule has 1 amide bonds. The lowest BCUT2D eigenvalue weighted by Crippen LogP contribution is -2.30. The number of imidazole rings is 1. The van der Waals surface area contributed by atoms with Crippen LogP contribution in [-0.2, 0) is 4.79 Å². The molecule has 1 aromatic carbocycles. The maximum absolute atomic E-state index is 14.4. The van der Waals surface area contributed by atoms with Crippen molar-refractivity contribution < 1.29 is 32.3 Å². The van der Waals surface area contributed by atoms with Crippen molar-refractivity contribution in [2.45, 2.75) is 31.9 Å². The van der Waals surface area contributed by atoms with E-state index in [1.165, 1.54) is 23.7 Å². The van der Waals surface area contributed by atoms with Crippen LogP contribution in [0.15, 0.2) is 36.9 Å². The summed E-state index contributed by atoms with van der Waals surface area (Å²) in [4.78, 5) is 33.1. The number of hydrogen-bond acceptors (Lipinski definition) is 6. The third-order valence-corrected chi connectivity index (χ3v) is 6.54. The van der Waals surface area contributed by atoms with Gasteiger partial charge in [-0.2, -0.15) is 13.2 Å². The number of amides is 1. The number of likely N-dealkylation sites (tertiary alicyclic amines) is 1. The van der Waals surface area contributed by atoms with Crippen molar-refractivity contribution in [1.29, 1.82) is 0 Å². The molecule has 4 rings (SSSR count). The predicted octanol–water partition coefficient (Wildman–Crippen LogP) is 4.47. The van der Waals surface area contributed by atoms with E-state index in [9.17, 15) is 22.4 Å². The maximum atomic E-state index is 14.4. The summed E-state index contributed by atoms with van der Waals surface area (Å²) in [5.74, 6) is -3.06. The molecule has 0 bridgehead atoms. The number of benzene rings is 1. The highest BCUT2D eigenvalue weighted by atomic mass is 32.1. The molecule has 3 aromatic rings. The fraction of sp³-hybridized carbons (Fsp3) is 0.364. The summed E-state index contributed by atoms with van der Waals surface area (Å²) in [6.45, 7) is 3.92. The Morgan fingerprint density at radius 2 is 2.00 bits per heavy atom. The lowest BCUT2D eigenvalue weighted by atomic mass is 9.99. The molecule has 1 aliphatic heterocycles. The van der Waals surface area contributed by atoms with E-state index in [2.05, 4.69) is 27.2 Å². The van der Waals surface area contributed by atoms with Gasteiger partial charge in [0.25, 0.3) is 5.91 Å². The molecule has 2 aromatic heterocycles. The van der Waals surface area contributed by atoms with Gasteiger partial charge in [0.1, 0.15) is 10.7 Å². The first-order valence-electron chi connectivity index (χ1n) is 10.5. The molecule has 1 saturated heterocycles. The zero-order valence-electron chi connectivity index (χ0n) is 18.8. The number of aliphatic carboxylic acids is 1. The normalized spacial score (nSPS) is 16.3. The van der Waals surface area contributed by atoms with Crippen molar-refractivity contribution >= 4 is 28.9 Å². The van der Waals surface area contributed by atoms with Gasteiger partial charge >= 0.3 is 12.1 Å². The number of carboxylic acid groups (broad SMARTS) is 1. The number of nitrogens with zero attached hydrogens (tertiary/aromatic N) is 4. The number of halogens is 4. The van der Waals surface area contributed by atoms with Crippen LogP contribution in [0.2, 0.25) is 0 Å². The minimum absolute atomic E-state index is 0.250. The molecule has 1 unspecified atom stereocenters. The highest BCUT2D eigenvalue weighted by Crippen LogP contribution is 2.31. The van der Waals surface area contributed by atoms with Gasteiger partial charge in [0.15, 0.2) is 0 Å². The lowest BCUT2D eigenvalue weighted by Gasteiger charge is -2.28. The van der Waals surface area contributed by atoms with Gasteiger partial charge in [0, 0.05) is 30.5 Å². The second-order valence-electron chi connectivity index (χ2n) is 7.96. The molecule has 0 saturated carbocycles. The minimum atomic E-state index is -5.08. The van der Waals surface area contributed by atoms with Crippen molar-refractivity contribution in [2.24, 2.45) is 0 Å². The summed E-state index contributed by atoms with van der Waals surface area (Å²) in [7, 11) is 2.11. The lowest BCUT2D eigenvalue weighted by molar-refractivity contribution is -0.192. The third kappa shape index (κ3) is 6.85. The smallest absolute Gasteiger partial charge is 0.475 e. The van der Waals surface area contributed by atoms with Crippen molar-refractivity contribution in [3.8, 4) is 5.69 Å². The number of carbonyl (C=O) groups is 2. The second kappa shape index (κ2) is 11.0. The van der Waals surface area contributed by atoms with E-state index in [0.717, 1.165) is 36.6 Å². The van der Waals surface area contributed by atoms with Crippen LogP contribution in [0.4, 0.5) is 23.2 Å². The molecule has 1 fully saturated rings. The summed E-state index contributed by atoms with van der Waals surface area (Å²) in [5, 5.41) is 10.9. The first-order valence-corrected chi connectivity index (χ1v) is 11.3. The van der Waals surface area contributed by atoms with Crippen LogP contribution < -0.4 is 5.32 Å². The topological polar surface area (TPSA) is 100 Å². The Bertz CT molecular complexity index is 1180. The number of nitrogens with one attached hydrogen (secondary N) is 1. The molecule has 2 N–H and O–H groups in total. The molecule has 0 radical (unpaired) electrons. The minimum Gasteiger partial charge on any atom is -0.475 e. The van der Waals surface area contributed by atoms with E-state index in [1.807, 2.05) is 6.92 Å². The van der Waals surface area contributed by atoms with Gasteiger partial charge in [0.05, 0.1) is 22.7 Å². The Hall–Kier alpha value is -3.32. The molecule has 0 spiro atoms. The standard InChI is InChI=1S/C20H22FN5OS.C2HF3O2/c1-13-18(28-20(23-13)14-4-3-8-25(2)11-14)19(27)24-15-5-6-17(16(21)10-15)26-9-7-22-12-26;3-2(4,5)1(6)7/h5-7,9-10,12,14H,3-4,8,11H2,1-2H3,(H,24,27);(H,6,7). The molecule has 188 valence electrons. The number of likely N-dealkylation sites (N-methyl/N-ethyl adjacent to an activating group) is 1. The number of alkyl halides is 3. The van der Waals surface area contributed by atoms with Crippen LogP contribution >= 0.6 is 11.3 Å². The fourth-order valence-corrected chi connectivity index (χ4v) is 4.64. The molecule has 0 aliphatic carbocycles. The van der Waals surface area contributed by atoms with Crippen LogP contribution in [0.1, 0.15) is 39.1 Å². The number of hydrogen-bond donors (Lipinski definition) is 2. The van der Waals surface area contributed by atoms with Crippen LogP contribution in [0.25, 0.3) is 5.69 Å². The van der Waals surface area contributed by atoms with E-state index < -0.39 is 18.0 Å². The van der Waals surface area contributed by atoms with E-state index in [4.69, 9.17) is 9.90 Å². The zero-order valence-corrected chi connectivity index (χ0v) is 19.7. The van der Waals surface area contributed by atoms with Gasteiger partial charge in [-0.3, -0.25) is 4.79 Å². The Labute approximate surface area is 202 Å². The van der Waals surface area contributed by atoms with Gasteiger partial charge in [-0.15, -0.1) is 11.3 Å².